The standard InChI is InChI=1S/C13H22NO/c1-14(8-2-3-9-14)12-7-5-10-4-6-11(12)13(10)15/h10-12H,2-9H2,1H3/q+1/t10-,11-,12-/m1/s1. The van der Waals surface area contributed by atoms with Crippen LogP contribution < -0.4 is 0 Å². The van der Waals surface area contributed by atoms with E-state index >= 15 is 0 Å². The summed E-state index contributed by atoms with van der Waals surface area (Å²) >= 11 is 0. The predicted octanol–water partition coefficient (Wildman–Crippen LogP) is 1.98. The first kappa shape index (κ1) is 9.83. The molecule has 15 heavy (non-hydrogen) atoms. The van der Waals surface area contributed by atoms with E-state index in [9.17, 15) is 4.79 Å². The molecule has 2 saturated carbocycles. The third kappa shape index (κ3) is 1.37. The molecule has 2 heteroatoms. The van der Waals surface area contributed by atoms with Crippen LogP contribution in [0.3, 0.4) is 0 Å². The largest absolute Gasteiger partial charge is 0.323 e. The molecular formula is C13H22NO+. The number of rotatable bonds is 1. The first-order valence-corrected chi connectivity index (χ1v) is 6.59. The summed E-state index contributed by atoms with van der Waals surface area (Å²) in [6.45, 7) is 2.64. The molecular weight excluding hydrogens is 186 g/mol. The third-order valence-corrected chi connectivity index (χ3v) is 5.26. The second-order valence-electron chi connectivity index (χ2n) is 6.06. The fourth-order valence-electron chi connectivity index (χ4n) is 4.35. The Balaban J connectivity index is 1.84. The van der Waals surface area contributed by atoms with Gasteiger partial charge in [0.1, 0.15) is 5.78 Å². The maximum absolute atomic E-state index is 12.1. The van der Waals surface area contributed by atoms with Crippen LogP contribution in [0.4, 0.5) is 0 Å². The van der Waals surface area contributed by atoms with Gasteiger partial charge >= 0.3 is 0 Å². The van der Waals surface area contributed by atoms with Gasteiger partial charge in [-0.1, -0.05) is 0 Å². The molecule has 3 atom stereocenters. The minimum atomic E-state index is 0.437. The lowest BCUT2D eigenvalue weighted by atomic mass is 9.82. The normalized spacial score (nSPS) is 43.5. The summed E-state index contributed by atoms with van der Waals surface area (Å²) < 4.78 is 1.21. The summed E-state index contributed by atoms with van der Waals surface area (Å²) in [5.74, 6) is 1.52. The molecule has 0 aromatic carbocycles. The van der Waals surface area contributed by atoms with Crippen molar-refractivity contribution in [2.45, 2.75) is 44.6 Å². The van der Waals surface area contributed by atoms with Crippen molar-refractivity contribution in [3.05, 3.63) is 0 Å². The number of carbonyl (C=O) groups excluding carboxylic acids is 1. The Hall–Kier alpha value is -0.370. The van der Waals surface area contributed by atoms with Crippen molar-refractivity contribution >= 4 is 5.78 Å². The van der Waals surface area contributed by atoms with Gasteiger partial charge in [0.15, 0.2) is 0 Å². The fourth-order valence-corrected chi connectivity index (χ4v) is 4.35. The van der Waals surface area contributed by atoms with E-state index in [-0.39, 0.29) is 0 Å². The Bertz CT molecular complexity index is 280. The Kier molecular flexibility index (Phi) is 2.17. The first-order valence-electron chi connectivity index (χ1n) is 6.59. The maximum Gasteiger partial charge on any atom is 0.144 e. The lowest BCUT2D eigenvalue weighted by molar-refractivity contribution is -0.925. The first-order chi connectivity index (χ1) is 7.21. The molecule has 2 aliphatic carbocycles. The predicted molar refractivity (Wildman–Crippen MR) is 59.4 cm³/mol. The molecule has 3 aliphatic rings. The molecule has 0 aromatic rings. The minimum Gasteiger partial charge on any atom is -0.323 e. The van der Waals surface area contributed by atoms with Crippen molar-refractivity contribution in [2.24, 2.45) is 11.8 Å². The van der Waals surface area contributed by atoms with Crippen LogP contribution in [-0.2, 0) is 4.79 Å². The van der Waals surface area contributed by atoms with E-state index in [0.717, 1.165) is 0 Å². The molecule has 2 bridgehead atoms. The number of fused-ring (bicyclic) bond motifs is 2. The Morgan fingerprint density at radius 2 is 1.73 bits per heavy atom. The number of likely N-dealkylation sites (tertiary alicyclic amines) is 1. The van der Waals surface area contributed by atoms with Gasteiger partial charge in [-0.25, -0.2) is 0 Å². The molecule has 0 radical (unpaired) electrons. The summed E-state index contributed by atoms with van der Waals surface area (Å²) in [4.78, 5) is 12.1. The van der Waals surface area contributed by atoms with Gasteiger partial charge in [0.2, 0.25) is 0 Å². The van der Waals surface area contributed by atoms with Crippen LogP contribution in [0.25, 0.3) is 0 Å². The molecule has 3 rings (SSSR count). The van der Waals surface area contributed by atoms with Gasteiger partial charge in [0, 0.05) is 25.2 Å². The zero-order valence-electron chi connectivity index (χ0n) is 9.74. The highest BCUT2D eigenvalue weighted by Gasteiger charge is 2.51. The third-order valence-electron chi connectivity index (χ3n) is 5.26. The SMILES string of the molecule is C[N+]1([C@@H]2CC[C@H]3CC[C@H]2C3=O)CCCC1. The molecule has 0 amide bonds. The van der Waals surface area contributed by atoms with Crippen molar-refractivity contribution in [2.75, 3.05) is 20.1 Å². The molecule has 0 unspecified atom stereocenters. The Morgan fingerprint density at radius 3 is 2.47 bits per heavy atom. The number of hydrogen-bond acceptors (Lipinski definition) is 1. The summed E-state index contributed by atoms with van der Waals surface area (Å²) in [5, 5.41) is 0. The van der Waals surface area contributed by atoms with Crippen molar-refractivity contribution in [3.8, 4) is 0 Å². The second kappa shape index (κ2) is 3.31. The minimum absolute atomic E-state index is 0.437. The van der Waals surface area contributed by atoms with Crippen molar-refractivity contribution in [1.29, 1.82) is 0 Å². The summed E-state index contributed by atoms with van der Waals surface area (Å²) in [6, 6.07) is 0.679. The van der Waals surface area contributed by atoms with Crippen LogP contribution >= 0.6 is 0 Å². The summed E-state index contributed by atoms with van der Waals surface area (Å²) in [5.41, 5.74) is 0. The highest BCUT2D eigenvalue weighted by atomic mass is 16.1. The number of Topliss-reactive ketones (excluding diaryl/α,β-unsaturated/α-hetero) is 1. The topological polar surface area (TPSA) is 17.1 Å². The molecule has 0 N–H and O–H groups in total. The van der Waals surface area contributed by atoms with Gasteiger partial charge in [-0.2, -0.15) is 0 Å². The second-order valence-corrected chi connectivity index (χ2v) is 6.06. The maximum atomic E-state index is 12.1. The molecule has 1 aliphatic heterocycles. The highest BCUT2D eigenvalue weighted by Crippen LogP contribution is 2.44. The van der Waals surface area contributed by atoms with Gasteiger partial charge < -0.3 is 4.48 Å². The molecule has 1 saturated heterocycles. The van der Waals surface area contributed by atoms with E-state index in [1.54, 1.807) is 0 Å². The van der Waals surface area contributed by atoms with E-state index in [1.807, 2.05) is 0 Å². The van der Waals surface area contributed by atoms with Gasteiger partial charge in [-0.3, -0.25) is 4.79 Å². The van der Waals surface area contributed by atoms with Gasteiger partial charge in [-0.15, -0.1) is 0 Å². The molecule has 0 aromatic heterocycles. The van der Waals surface area contributed by atoms with E-state index in [2.05, 4.69) is 7.05 Å². The van der Waals surface area contributed by atoms with Crippen LogP contribution in [0.1, 0.15) is 38.5 Å². The van der Waals surface area contributed by atoms with Crippen molar-refractivity contribution in [3.63, 3.8) is 0 Å². The highest BCUT2D eigenvalue weighted by molar-refractivity contribution is 5.86. The average molecular weight is 208 g/mol. The summed E-state index contributed by atoms with van der Waals surface area (Å²) in [6.07, 6.45) is 7.64. The Labute approximate surface area is 92.2 Å². The molecule has 0 spiro atoms. The van der Waals surface area contributed by atoms with Crippen molar-refractivity contribution < 1.29 is 9.28 Å². The Morgan fingerprint density at radius 1 is 1.07 bits per heavy atom. The summed E-state index contributed by atoms with van der Waals surface area (Å²) in [7, 11) is 2.39. The van der Waals surface area contributed by atoms with Gasteiger partial charge in [0.25, 0.3) is 0 Å². The van der Waals surface area contributed by atoms with Gasteiger partial charge in [-0.05, 0) is 19.3 Å². The average Bonchev–Trinajstić information content (AvgIpc) is 2.72. The van der Waals surface area contributed by atoms with E-state index in [0.29, 0.717) is 23.7 Å². The zero-order chi connectivity index (χ0) is 10.5. The monoisotopic (exact) mass is 208 g/mol. The van der Waals surface area contributed by atoms with E-state index in [4.69, 9.17) is 0 Å². The number of nitrogens with zero attached hydrogens (tertiary/aromatic N) is 1. The molecule has 2 nitrogen and oxygen atoms in total. The van der Waals surface area contributed by atoms with Gasteiger partial charge in [0.05, 0.1) is 32.1 Å². The number of carbonyl (C=O) groups is 1. The lowest BCUT2D eigenvalue weighted by Gasteiger charge is -2.42. The van der Waals surface area contributed by atoms with Crippen LogP contribution in [0.5, 0.6) is 0 Å². The van der Waals surface area contributed by atoms with Crippen molar-refractivity contribution in [1.82, 2.24) is 0 Å². The van der Waals surface area contributed by atoms with Crippen LogP contribution in [0.15, 0.2) is 0 Å². The number of hydrogen-bond donors (Lipinski definition) is 0. The zero-order valence-corrected chi connectivity index (χ0v) is 9.74. The van der Waals surface area contributed by atoms with E-state index in [1.165, 1.54) is 56.1 Å². The lowest BCUT2D eigenvalue weighted by Crippen LogP contribution is -2.55. The quantitative estimate of drug-likeness (QED) is 0.602. The molecule has 3 fully saturated rings. The number of quaternary nitrogens is 1. The van der Waals surface area contributed by atoms with Crippen LogP contribution in [-0.4, -0.2) is 36.4 Å². The molecule has 84 valence electrons. The fraction of sp³-hybridized carbons (Fsp3) is 0.923. The van der Waals surface area contributed by atoms with Crippen LogP contribution in [0, 0.1) is 11.8 Å². The smallest absolute Gasteiger partial charge is 0.144 e. The van der Waals surface area contributed by atoms with Crippen LogP contribution in [0.2, 0.25) is 0 Å². The van der Waals surface area contributed by atoms with E-state index < -0.39 is 0 Å². The number of ketones is 1. The molecule has 1 heterocycles.